The second-order valence-corrected chi connectivity index (χ2v) is 13.0. The average Bonchev–Trinajstić information content (AvgIpc) is 3.46. The molecule has 0 unspecified atom stereocenters. The zero-order chi connectivity index (χ0) is 29.2. The lowest BCUT2D eigenvalue weighted by Crippen LogP contribution is -2.55. The second-order valence-electron chi connectivity index (χ2n) is 13.0. The van der Waals surface area contributed by atoms with Gasteiger partial charge in [-0.15, -0.1) is 0 Å². The maximum absolute atomic E-state index is 8.02. The van der Waals surface area contributed by atoms with E-state index >= 15 is 0 Å². The first-order chi connectivity index (χ1) is 19.6. The van der Waals surface area contributed by atoms with Gasteiger partial charge in [-0.3, -0.25) is 0 Å². The molecule has 4 aliphatic rings. The smallest absolute Gasteiger partial charge is 0.135 e. The molecule has 41 heavy (non-hydrogen) atoms. The second kappa shape index (κ2) is 11.8. The van der Waals surface area contributed by atoms with Crippen LogP contribution in [0.1, 0.15) is 63.5 Å². The molecule has 1 spiro atoms. The van der Waals surface area contributed by atoms with E-state index in [0.717, 1.165) is 60.6 Å². The summed E-state index contributed by atoms with van der Waals surface area (Å²) in [6.45, 7) is 15.0. The molecule has 0 amide bonds. The molecule has 0 radical (unpaired) electrons. The third-order valence-corrected chi connectivity index (χ3v) is 9.28. The summed E-state index contributed by atoms with van der Waals surface area (Å²) in [7, 11) is 1.68. The third kappa shape index (κ3) is 6.56. The molecular formula is C34H47N5O2. The van der Waals surface area contributed by atoms with E-state index in [9.17, 15) is 0 Å². The number of hydrogen-bond donors (Lipinski definition) is 4. The van der Waals surface area contributed by atoms with Gasteiger partial charge in [-0.05, 0) is 100.0 Å². The summed E-state index contributed by atoms with van der Waals surface area (Å²) >= 11 is 0. The lowest BCUT2D eigenvalue weighted by molar-refractivity contribution is -0.0460. The molecule has 0 aromatic heterocycles. The number of benzene rings is 1. The molecule has 0 atom stereocenters. The first-order valence-corrected chi connectivity index (χ1v) is 15.0. The average molecular weight is 558 g/mol. The van der Waals surface area contributed by atoms with E-state index in [0.29, 0.717) is 29.7 Å². The number of hydrogen-bond acceptors (Lipinski definition) is 7. The van der Waals surface area contributed by atoms with E-state index in [1.54, 1.807) is 7.11 Å². The summed E-state index contributed by atoms with van der Waals surface area (Å²) in [6, 6.07) is 7.15. The maximum Gasteiger partial charge on any atom is 0.135 e. The lowest BCUT2D eigenvalue weighted by Gasteiger charge is -2.58. The minimum absolute atomic E-state index is 0.357. The van der Waals surface area contributed by atoms with E-state index in [2.05, 4.69) is 46.9 Å². The van der Waals surface area contributed by atoms with Crippen LogP contribution in [-0.2, 0) is 15.9 Å². The monoisotopic (exact) mass is 557 g/mol. The fourth-order valence-corrected chi connectivity index (χ4v) is 6.91. The molecule has 7 heteroatoms. The van der Waals surface area contributed by atoms with E-state index in [4.69, 9.17) is 20.6 Å². The molecule has 1 aromatic carbocycles. The lowest BCUT2D eigenvalue weighted by atomic mass is 9.49. The highest BCUT2D eigenvalue weighted by molar-refractivity contribution is 5.84. The Morgan fingerprint density at radius 3 is 2.54 bits per heavy atom. The Morgan fingerprint density at radius 1 is 1.20 bits per heavy atom. The van der Waals surface area contributed by atoms with Gasteiger partial charge >= 0.3 is 0 Å². The van der Waals surface area contributed by atoms with Crippen molar-refractivity contribution in [3.8, 4) is 0 Å². The number of dihydropyridines is 1. The number of allylic oxidation sites excluding steroid dienone is 3. The maximum atomic E-state index is 8.02. The highest BCUT2D eigenvalue weighted by atomic mass is 16.5. The van der Waals surface area contributed by atoms with Gasteiger partial charge in [0, 0.05) is 72.6 Å². The number of methoxy groups -OCH3 is 1. The van der Waals surface area contributed by atoms with Gasteiger partial charge in [0.1, 0.15) is 12.4 Å². The van der Waals surface area contributed by atoms with Crippen molar-refractivity contribution < 1.29 is 9.47 Å². The Balaban J connectivity index is 1.11. The van der Waals surface area contributed by atoms with Gasteiger partial charge in [-0.1, -0.05) is 19.2 Å². The standard InChI is InChI=1S/C34H47N5O2/c1-23(36)30-10-8-28(39-12-6-7-13-39)15-26(30)14-25-16-34(17-25)18-27(19-34)38-24(2)31(20-35)32-11-9-29(21-37-32)41-22-33(3,4)40-5/h8-11,15,20-21,25,27,35,37-38H,1-2,6-7,12-14,16-19,22,36H2,3-5H3/b32-31+,35-20?. The first kappa shape index (κ1) is 29.1. The van der Waals surface area contributed by atoms with Crippen molar-refractivity contribution in [1.29, 1.82) is 5.41 Å². The van der Waals surface area contributed by atoms with E-state index < -0.39 is 0 Å². The molecule has 220 valence electrons. The van der Waals surface area contributed by atoms with Crippen molar-refractivity contribution in [3.63, 3.8) is 0 Å². The zero-order valence-corrected chi connectivity index (χ0v) is 25.0. The Hall–Kier alpha value is -3.45. The Kier molecular flexibility index (Phi) is 8.37. The van der Waals surface area contributed by atoms with Crippen LogP contribution in [0.25, 0.3) is 5.70 Å². The van der Waals surface area contributed by atoms with E-state index in [1.807, 2.05) is 32.2 Å². The zero-order valence-electron chi connectivity index (χ0n) is 25.0. The summed E-state index contributed by atoms with van der Waals surface area (Å²) in [4.78, 5) is 2.49. The topological polar surface area (TPSA) is 95.6 Å². The summed E-state index contributed by atoms with van der Waals surface area (Å²) in [5, 5.41) is 14.9. The van der Waals surface area contributed by atoms with Crippen molar-refractivity contribution >= 4 is 17.6 Å². The largest absolute Gasteiger partial charge is 0.489 e. The molecule has 3 fully saturated rings. The number of nitrogens with one attached hydrogen (secondary N) is 3. The van der Waals surface area contributed by atoms with Crippen LogP contribution in [0.15, 0.2) is 72.4 Å². The van der Waals surface area contributed by atoms with Gasteiger partial charge in [-0.2, -0.15) is 0 Å². The van der Waals surface area contributed by atoms with E-state index in [1.165, 1.54) is 43.1 Å². The van der Waals surface area contributed by atoms with Gasteiger partial charge in [0.15, 0.2) is 0 Å². The number of ether oxygens (including phenoxy) is 2. The quantitative estimate of drug-likeness (QED) is 0.244. The molecule has 2 aliphatic heterocycles. The van der Waals surface area contributed by atoms with Gasteiger partial charge in [0.25, 0.3) is 0 Å². The molecule has 1 saturated heterocycles. The highest BCUT2D eigenvalue weighted by Gasteiger charge is 2.52. The fraction of sp³-hybridized carbons (Fsp3) is 0.500. The van der Waals surface area contributed by atoms with Crippen molar-refractivity contribution in [3.05, 3.63) is 83.6 Å². The number of rotatable bonds is 12. The number of nitrogens with zero attached hydrogens (tertiary/aromatic N) is 1. The van der Waals surface area contributed by atoms with Crippen molar-refractivity contribution in [1.82, 2.24) is 10.6 Å². The van der Waals surface area contributed by atoms with Gasteiger partial charge in [-0.25, -0.2) is 0 Å². The normalized spacial score (nSPS) is 26.4. The van der Waals surface area contributed by atoms with Gasteiger partial charge in [0.05, 0.1) is 5.60 Å². The van der Waals surface area contributed by atoms with Gasteiger partial charge in [0.2, 0.25) is 0 Å². The van der Waals surface area contributed by atoms with Crippen LogP contribution in [-0.4, -0.2) is 44.7 Å². The molecule has 5 N–H and O–H groups in total. The predicted molar refractivity (Wildman–Crippen MR) is 168 cm³/mol. The van der Waals surface area contributed by atoms with Crippen LogP contribution in [0.3, 0.4) is 0 Å². The number of nitrogens with two attached hydrogens (primary N) is 1. The van der Waals surface area contributed by atoms with Crippen LogP contribution in [0.2, 0.25) is 0 Å². The minimum atomic E-state index is -0.357. The summed E-state index contributed by atoms with van der Waals surface area (Å²) in [6.07, 6.45) is 15.5. The Morgan fingerprint density at radius 2 is 1.93 bits per heavy atom. The molecule has 5 rings (SSSR count). The SMILES string of the molecule is C=C(NC1CC2(CC(Cc3cc(N4CCCC4)ccc3C(=C)N)C2)C1)/C(C=N)=C1\C=CC(OCC(C)(C)OC)=CN1. The van der Waals surface area contributed by atoms with Crippen LogP contribution in [0.5, 0.6) is 0 Å². The van der Waals surface area contributed by atoms with Crippen LogP contribution < -0.4 is 21.3 Å². The van der Waals surface area contributed by atoms with Crippen molar-refractivity contribution in [2.24, 2.45) is 17.1 Å². The Bertz CT molecular complexity index is 1270. The summed E-state index contributed by atoms with van der Waals surface area (Å²) < 4.78 is 11.3. The summed E-state index contributed by atoms with van der Waals surface area (Å²) in [5.74, 6) is 1.42. The molecule has 2 aliphatic carbocycles. The highest BCUT2D eigenvalue weighted by Crippen LogP contribution is 2.59. The third-order valence-electron chi connectivity index (χ3n) is 9.28. The van der Waals surface area contributed by atoms with Crippen LogP contribution in [0.4, 0.5) is 5.69 Å². The Labute approximate surface area is 245 Å². The molecule has 7 nitrogen and oxygen atoms in total. The van der Waals surface area contributed by atoms with Crippen molar-refractivity contribution in [2.45, 2.75) is 70.4 Å². The molecule has 2 saturated carbocycles. The van der Waals surface area contributed by atoms with Crippen LogP contribution in [0, 0.1) is 16.7 Å². The van der Waals surface area contributed by atoms with E-state index in [-0.39, 0.29) is 5.60 Å². The molecule has 0 bridgehead atoms. The molecular weight excluding hydrogens is 510 g/mol. The minimum Gasteiger partial charge on any atom is -0.489 e. The predicted octanol–water partition coefficient (Wildman–Crippen LogP) is 5.77. The summed E-state index contributed by atoms with van der Waals surface area (Å²) in [5.41, 5.74) is 13.1. The molecule has 2 heterocycles. The van der Waals surface area contributed by atoms with Crippen molar-refractivity contribution in [2.75, 3.05) is 31.7 Å². The molecule has 1 aromatic rings. The van der Waals surface area contributed by atoms with Crippen LogP contribution >= 0.6 is 0 Å². The first-order valence-electron chi connectivity index (χ1n) is 15.0. The fourth-order valence-electron chi connectivity index (χ4n) is 6.91. The van der Waals surface area contributed by atoms with Gasteiger partial charge < -0.3 is 36.2 Å². The number of anilines is 1.